The highest BCUT2D eigenvalue weighted by Gasteiger charge is 2.18. The lowest BCUT2D eigenvalue weighted by Crippen LogP contribution is -2.35. The Balaban J connectivity index is 1.57. The van der Waals surface area contributed by atoms with E-state index in [2.05, 4.69) is 35.2 Å². The summed E-state index contributed by atoms with van der Waals surface area (Å²) >= 11 is 0. The van der Waals surface area contributed by atoms with E-state index in [4.69, 9.17) is 10.8 Å². The van der Waals surface area contributed by atoms with E-state index in [1.807, 2.05) is 0 Å². The fourth-order valence-electron chi connectivity index (χ4n) is 3.28. The first-order valence-electron chi connectivity index (χ1n) is 8.40. The van der Waals surface area contributed by atoms with E-state index >= 15 is 0 Å². The van der Waals surface area contributed by atoms with Crippen LogP contribution >= 0.6 is 0 Å². The second-order valence-electron chi connectivity index (χ2n) is 6.39. The molecule has 1 aliphatic heterocycles. The van der Waals surface area contributed by atoms with Gasteiger partial charge in [-0.25, -0.2) is 0 Å². The summed E-state index contributed by atoms with van der Waals surface area (Å²) in [5.74, 6) is 0.742. The fraction of sp³-hybridized carbons (Fsp3) is 0.667. The number of hydrogen-bond acceptors (Lipinski definition) is 3. The van der Waals surface area contributed by atoms with Gasteiger partial charge in [0, 0.05) is 12.6 Å². The number of aliphatic hydroxyl groups is 1. The van der Waals surface area contributed by atoms with Crippen molar-refractivity contribution in [2.75, 3.05) is 26.2 Å². The van der Waals surface area contributed by atoms with Gasteiger partial charge in [0.05, 0.1) is 0 Å². The van der Waals surface area contributed by atoms with Crippen molar-refractivity contribution >= 4 is 0 Å². The van der Waals surface area contributed by atoms with Gasteiger partial charge < -0.3 is 15.7 Å². The summed E-state index contributed by atoms with van der Waals surface area (Å²) in [5.41, 5.74) is 7.58. The van der Waals surface area contributed by atoms with Gasteiger partial charge >= 0.3 is 0 Å². The minimum absolute atomic E-state index is 0.277. The van der Waals surface area contributed by atoms with Crippen LogP contribution in [-0.4, -0.2) is 42.3 Å². The summed E-state index contributed by atoms with van der Waals surface area (Å²) in [6.07, 6.45) is 6.76. The lowest BCUT2D eigenvalue weighted by Gasteiger charge is -2.31. The summed E-state index contributed by atoms with van der Waals surface area (Å²) in [6.45, 7) is 3.91. The Morgan fingerprint density at radius 2 is 1.90 bits per heavy atom. The summed E-state index contributed by atoms with van der Waals surface area (Å²) < 4.78 is 0. The van der Waals surface area contributed by atoms with Gasteiger partial charge in [0.1, 0.15) is 0 Å². The second-order valence-corrected chi connectivity index (χ2v) is 6.39. The Morgan fingerprint density at radius 1 is 1.19 bits per heavy atom. The zero-order valence-corrected chi connectivity index (χ0v) is 13.1. The molecule has 1 aromatic rings. The Kier molecular flexibility index (Phi) is 7.20. The summed E-state index contributed by atoms with van der Waals surface area (Å²) in [6, 6.07) is 10.8. The zero-order valence-electron chi connectivity index (χ0n) is 13.1. The molecule has 0 spiro atoms. The van der Waals surface area contributed by atoms with Crippen LogP contribution in [0.2, 0.25) is 0 Å². The molecule has 0 radical (unpaired) electrons. The largest absolute Gasteiger partial charge is 0.396 e. The van der Waals surface area contributed by atoms with Crippen LogP contribution in [0, 0.1) is 5.92 Å². The molecule has 1 aliphatic rings. The lowest BCUT2D eigenvalue weighted by molar-refractivity contribution is 0.156. The summed E-state index contributed by atoms with van der Waals surface area (Å²) in [7, 11) is 0. The number of benzene rings is 1. The molecule has 1 atom stereocenters. The third kappa shape index (κ3) is 6.16. The van der Waals surface area contributed by atoms with Crippen molar-refractivity contribution in [1.29, 1.82) is 0 Å². The van der Waals surface area contributed by atoms with E-state index in [1.54, 1.807) is 0 Å². The summed E-state index contributed by atoms with van der Waals surface area (Å²) in [5, 5.41) is 8.98. The van der Waals surface area contributed by atoms with Gasteiger partial charge in [-0.1, -0.05) is 30.3 Å². The average Bonchev–Trinajstić information content (AvgIpc) is 2.50. The molecule has 0 aromatic heterocycles. The van der Waals surface area contributed by atoms with Gasteiger partial charge in [0.2, 0.25) is 0 Å². The Labute approximate surface area is 129 Å². The molecule has 1 aromatic carbocycles. The highest BCUT2D eigenvalue weighted by Crippen LogP contribution is 2.20. The molecule has 118 valence electrons. The van der Waals surface area contributed by atoms with Crippen molar-refractivity contribution in [2.24, 2.45) is 11.7 Å². The maximum absolute atomic E-state index is 8.98. The molecule has 2 rings (SSSR count). The Hall–Kier alpha value is -0.900. The number of nitrogens with zero attached hydrogens (tertiary/aromatic N) is 1. The minimum atomic E-state index is 0.277. The maximum atomic E-state index is 8.98. The first-order chi connectivity index (χ1) is 10.3. The van der Waals surface area contributed by atoms with Crippen molar-refractivity contribution < 1.29 is 5.11 Å². The van der Waals surface area contributed by atoms with E-state index in [0.717, 1.165) is 25.2 Å². The van der Waals surface area contributed by atoms with E-state index in [0.29, 0.717) is 6.61 Å². The van der Waals surface area contributed by atoms with Gasteiger partial charge in [-0.2, -0.15) is 0 Å². The van der Waals surface area contributed by atoms with Crippen LogP contribution in [0.3, 0.4) is 0 Å². The molecule has 0 amide bonds. The van der Waals surface area contributed by atoms with Crippen molar-refractivity contribution in [3.8, 4) is 0 Å². The molecule has 0 aliphatic carbocycles. The van der Waals surface area contributed by atoms with Crippen molar-refractivity contribution in [1.82, 2.24) is 4.90 Å². The van der Waals surface area contributed by atoms with Crippen LogP contribution in [-0.2, 0) is 6.42 Å². The predicted octanol–water partition coefficient (Wildman–Crippen LogP) is 2.43. The lowest BCUT2D eigenvalue weighted by atomic mass is 9.93. The molecule has 3 heteroatoms. The number of rotatable bonds is 8. The SMILES string of the molecule is N[C@@H](CCCN1CCC(CCO)CC1)Cc1ccccc1. The predicted molar refractivity (Wildman–Crippen MR) is 88.2 cm³/mol. The smallest absolute Gasteiger partial charge is 0.0433 e. The maximum Gasteiger partial charge on any atom is 0.0433 e. The topological polar surface area (TPSA) is 49.5 Å². The van der Waals surface area contributed by atoms with Crippen LogP contribution in [0.1, 0.15) is 37.7 Å². The molecule has 0 unspecified atom stereocenters. The third-order valence-corrected chi connectivity index (χ3v) is 4.63. The van der Waals surface area contributed by atoms with Crippen molar-refractivity contribution in [3.63, 3.8) is 0 Å². The van der Waals surface area contributed by atoms with Gasteiger partial charge in [-0.3, -0.25) is 0 Å². The molecule has 21 heavy (non-hydrogen) atoms. The first kappa shape index (κ1) is 16.5. The van der Waals surface area contributed by atoms with E-state index in [1.165, 1.54) is 44.5 Å². The molecule has 0 saturated carbocycles. The third-order valence-electron chi connectivity index (χ3n) is 4.63. The number of hydrogen-bond donors (Lipinski definition) is 2. The van der Waals surface area contributed by atoms with Crippen molar-refractivity contribution in [2.45, 2.75) is 44.6 Å². The number of piperidine rings is 1. The van der Waals surface area contributed by atoms with Crippen LogP contribution in [0.4, 0.5) is 0 Å². The van der Waals surface area contributed by atoms with E-state index in [9.17, 15) is 0 Å². The highest BCUT2D eigenvalue weighted by molar-refractivity contribution is 5.15. The van der Waals surface area contributed by atoms with Gasteiger partial charge in [-0.15, -0.1) is 0 Å². The molecule has 1 fully saturated rings. The Morgan fingerprint density at radius 3 is 2.57 bits per heavy atom. The molecule has 1 saturated heterocycles. The normalized spacial score (nSPS) is 18.8. The highest BCUT2D eigenvalue weighted by atomic mass is 16.3. The molecular weight excluding hydrogens is 260 g/mol. The Bertz CT molecular complexity index is 374. The number of nitrogens with two attached hydrogens (primary N) is 1. The van der Waals surface area contributed by atoms with Crippen LogP contribution < -0.4 is 5.73 Å². The van der Waals surface area contributed by atoms with Crippen LogP contribution in [0.5, 0.6) is 0 Å². The average molecular weight is 290 g/mol. The molecule has 3 nitrogen and oxygen atoms in total. The van der Waals surface area contributed by atoms with E-state index < -0.39 is 0 Å². The van der Waals surface area contributed by atoms with Crippen LogP contribution in [0.15, 0.2) is 30.3 Å². The van der Waals surface area contributed by atoms with E-state index in [-0.39, 0.29) is 6.04 Å². The molecule has 0 bridgehead atoms. The fourth-order valence-corrected chi connectivity index (χ4v) is 3.28. The standard InChI is InChI=1S/C18H30N2O/c19-18(15-17-5-2-1-3-6-17)7-4-11-20-12-8-16(9-13-20)10-14-21/h1-3,5-6,16,18,21H,4,7-15,19H2/t18-/m0/s1. The van der Waals surface area contributed by atoms with Gasteiger partial charge in [-0.05, 0) is 69.6 Å². The molecule has 1 heterocycles. The van der Waals surface area contributed by atoms with Gasteiger partial charge in [0.15, 0.2) is 0 Å². The number of likely N-dealkylation sites (tertiary alicyclic amines) is 1. The molecular formula is C18H30N2O. The first-order valence-corrected chi connectivity index (χ1v) is 8.40. The van der Waals surface area contributed by atoms with Gasteiger partial charge in [0.25, 0.3) is 0 Å². The van der Waals surface area contributed by atoms with Crippen molar-refractivity contribution in [3.05, 3.63) is 35.9 Å². The molecule has 3 N–H and O–H groups in total. The minimum Gasteiger partial charge on any atom is -0.396 e. The summed E-state index contributed by atoms with van der Waals surface area (Å²) in [4.78, 5) is 2.56. The monoisotopic (exact) mass is 290 g/mol. The van der Waals surface area contributed by atoms with Crippen LogP contribution in [0.25, 0.3) is 0 Å². The quantitative estimate of drug-likeness (QED) is 0.773. The second kappa shape index (κ2) is 9.19. The number of aliphatic hydroxyl groups excluding tert-OH is 1. The zero-order chi connectivity index (χ0) is 14.9.